The Morgan fingerprint density at radius 2 is 2.25 bits per heavy atom. The molecule has 1 aromatic heterocycles. The number of nitrogens with two attached hydrogens (primary N) is 1. The van der Waals surface area contributed by atoms with Gasteiger partial charge in [0.2, 0.25) is 5.91 Å². The fourth-order valence-electron chi connectivity index (χ4n) is 3.45. The van der Waals surface area contributed by atoms with Gasteiger partial charge in [-0.25, -0.2) is 4.98 Å². The van der Waals surface area contributed by atoms with Crippen LogP contribution in [0.15, 0.2) is 76.3 Å². The second-order valence-electron chi connectivity index (χ2n) is 7.84. The minimum atomic E-state index is -0.0793. The minimum Gasteiger partial charge on any atom is -0.375 e. The largest absolute Gasteiger partial charge is 0.375 e. The predicted octanol–water partition coefficient (Wildman–Crippen LogP) is 4.30. The Labute approximate surface area is 193 Å². The number of allylic oxidation sites excluding steroid dienone is 6. The summed E-state index contributed by atoms with van der Waals surface area (Å²) in [5.41, 5.74) is 14.7. The van der Waals surface area contributed by atoms with Crippen molar-refractivity contribution in [3.63, 3.8) is 0 Å². The Morgan fingerprint density at radius 3 is 2.94 bits per heavy atom. The lowest BCUT2D eigenvalue weighted by Gasteiger charge is -2.28. The highest BCUT2D eigenvalue weighted by Crippen LogP contribution is 2.31. The van der Waals surface area contributed by atoms with Crippen molar-refractivity contribution in [1.82, 2.24) is 20.7 Å². The molecule has 0 spiro atoms. The lowest BCUT2D eigenvalue weighted by molar-refractivity contribution is -0.118. The van der Waals surface area contributed by atoms with E-state index in [2.05, 4.69) is 65.0 Å². The Hall–Kier alpha value is -2.94. The van der Waals surface area contributed by atoms with Crippen molar-refractivity contribution in [3.05, 3.63) is 82.0 Å². The number of fused-ring (bicyclic) bond motifs is 1. The molecule has 0 aliphatic carbocycles. The first-order chi connectivity index (χ1) is 15.4. The van der Waals surface area contributed by atoms with Crippen molar-refractivity contribution in [2.24, 2.45) is 5.92 Å². The van der Waals surface area contributed by atoms with Crippen LogP contribution in [-0.4, -0.2) is 22.3 Å². The first-order valence-electron chi connectivity index (χ1n) is 10.6. The topological polar surface area (TPSA) is 92.5 Å². The molecule has 170 valence electrons. The van der Waals surface area contributed by atoms with Gasteiger partial charge in [0, 0.05) is 42.1 Å². The molecule has 1 unspecified atom stereocenters. The molecular weight excluding hydrogens is 422 g/mol. The molecule has 0 radical (unpaired) electrons. The van der Waals surface area contributed by atoms with Gasteiger partial charge in [-0.15, -0.1) is 11.3 Å². The molecule has 1 atom stereocenters. The maximum Gasteiger partial charge on any atom is 0.221 e. The summed E-state index contributed by atoms with van der Waals surface area (Å²) >= 11 is 1.40. The summed E-state index contributed by atoms with van der Waals surface area (Å²) in [5.74, 6) is 0.322. The SMILES string of the molecule is CC=C(C=C(C)C1=CC(C)CC=C2C=C(CNOCc3csc(N)n3)C=CN21)NC(C)=O. The molecule has 0 bridgehead atoms. The fourth-order valence-corrected chi connectivity index (χ4v) is 3.99. The van der Waals surface area contributed by atoms with E-state index in [-0.39, 0.29) is 5.91 Å². The van der Waals surface area contributed by atoms with Crippen molar-refractivity contribution in [2.75, 3.05) is 12.3 Å². The number of hydrogen-bond donors (Lipinski definition) is 3. The summed E-state index contributed by atoms with van der Waals surface area (Å²) in [4.78, 5) is 23.4. The minimum absolute atomic E-state index is 0.0793. The van der Waals surface area contributed by atoms with E-state index in [0.29, 0.717) is 24.2 Å². The molecule has 4 N–H and O–H groups in total. The monoisotopic (exact) mass is 453 g/mol. The second-order valence-corrected chi connectivity index (χ2v) is 8.73. The zero-order chi connectivity index (χ0) is 23.1. The zero-order valence-electron chi connectivity index (χ0n) is 19.0. The summed E-state index contributed by atoms with van der Waals surface area (Å²) in [7, 11) is 0. The van der Waals surface area contributed by atoms with Gasteiger partial charge in [-0.3, -0.25) is 9.63 Å². The third-order valence-corrected chi connectivity index (χ3v) is 5.75. The number of nitrogens with zero attached hydrogens (tertiary/aromatic N) is 2. The Balaban J connectivity index is 1.68. The smallest absolute Gasteiger partial charge is 0.221 e. The van der Waals surface area contributed by atoms with Gasteiger partial charge in [-0.05, 0) is 55.6 Å². The number of rotatable bonds is 8. The lowest BCUT2D eigenvalue weighted by Crippen LogP contribution is -2.23. The van der Waals surface area contributed by atoms with Gasteiger partial charge in [0.05, 0.1) is 5.69 Å². The van der Waals surface area contributed by atoms with Gasteiger partial charge < -0.3 is 16.0 Å². The Bertz CT molecular complexity index is 1030. The van der Waals surface area contributed by atoms with Crippen LogP contribution in [0, 0.1) is 5.92 Å². The standard InChI is InChI=1S/C24H31N5O2S/c1-5-20(27-18(4)30)11-17(3)23-10-16(2)6-7-22-12-19(8-9-29(22)23)13-26-31-14-21-15-32-24(25)28-21/h5,7-12,15-16,26H,6,13-14H2,1-4H3,(H2,25,28)(H,27,30). The third-order valence-electron chi connectivity index (χ3n) is 5.03. The molecule has 1 aromatic rings. The fraction of sp³-hybridized carbons (Fsp3) is 0.333. The van der Waals surface area contributed by atoms with Crippen LogP contribution in [0.2, 0.25) is 0 Å². The highest BCUT2D eigenvalue weighted by atomic mass is 32.1. The molecular formula is C24H31N5O2S. The van der Waals surface area contributed by atoms with Gasteiger partial charge in [0.15, 0.2) is 5.13 Å². The summed E-state index contributed by atoms with van der Waals surface area (Å²) in [6, 6.07) is 0. The van der Waals surface area contributed by atoms with Gasteiger partial charge in [-0.2, -0.15) is 5.48 Å². The lowest BCUT2D eigenvalue weighted by atomic mass is 10.0. The average Bonchev–Trinajstić information content (AvgIpc) is 3.09. The average molecular weight is 454 g/mol. The van der Waals surface area contributed by atoms with E-state index in [9.17, 15) is 4.79 Å². The van der Waals surface area contributed by atoms with Gasteiger partial charge in [0.25, 0.3) is 0 Å². The molecule has 0 aromatic carbocycles. The predicted molar refractivity (Wildman–Crippen MR) is 130 cm³/mol. The number of carbonyl (C=O) groups is 1. The molecule has 2 aliphatic heterocycles. The number of amides is 1. The zero-order valence-corrected chi connectivity index (χ0v) is 19.8. The van der Waals surface area contributed by atoms with Crippen molar-refractivity contribution < 1.29 is 9.63 Å². The van der Waals surface area contributed by atoms with Crippen LogP contribution in [0.4, 0.5) is 5.13 Å². The number of hydroxylamine groups is 1. The first kappa shape index (κ1) is 23.7. The molecule has 3 rings (SSSR count). The van der Waals surface area contributed by atoms with E-state index in [1.807, 2.05) is 24.5 Å². The molecule has 3 heterocycles. The normalized spacial score (nSPS) is 19.1. The number of carbonyl (C=O) groups excluding carboxylic acids is 1. The van der Waals surface area contributed by atoms with E-state index >= 15 is 0 Å². The highest BCUT2D eigenvalue weighted by Gasteiger charge is 2.20. The van der Waals surface area contributed by atoms with Crippen LogP contribution in [0.3, 0.4) is 0 Å². The van der Waals surface area contributed by atoms with Crippen molar-refractivity contribution in [1.29, 1.82) is 0 Å². The quantitative estimate of drug-likeness (QED) is 0.309. The first-order valence-corrected chi connectivity index (χ1v) is 11.5. The van der Waals surface area contributed by atoms with Crippen molar-refractivity contribution in [2.45, 2.75) is 40.7 Å². The number of aromatic nitrogens is 1. The van der Waals surface area contributed by atoms with E-state index in [0.717, 1.165) is 40.4 Å². The van der Waals surface area contributed by atoms with E-state index in [1.165, 1.54) is 18.3 Å². The maximum absolute atomic E-state index is 11.5. The molecule has 2 aliphatic rings. The van der Waals surface area contributed by atoms with Crippen LogP contribution in [-0.2, 0) is 16.2 Å². The Morgan fingerprint density at radius 1 is 1.44 bits per heavy atom. The summed E-state index contributed by atoms with van der Waals surface area (Å²) in [5, 5.41) is 5.30. The molecule has 0 saturated heterocycles. The van der Waals surface area contributed by atoms with Crippen LogP contribution in [0.5, 0.6) is 0 Å². The van der Waals surface area contributed by atoms with Crippen LogP contribution in [0.25, 0.3) is 0 Å². The van der Waals surface area contributed by atoms with Gasteiger partial charge in [-0.1, -0.05) is 25.2 Å². The van der Waals surface area contributed by atoms with E-state index in [1.54, 1.807) is 0 Å². The molecule has 7 nitrogen and oxygen atoms in total. The third kappa shape index (κ3) is 6.53. The van der Waals surface area contributed by atoms with E-state index in [4.69, 9.17) is 10.6 Å². The number of nitrogen functional groups attached to an aromatic ring is 1. The summed E-state index contributed by atoms with van der Waals surface area (Å²) in [6.07, 6.45) is 15.7. The molecule has 1 amide bonds. The molecule has 32 heavy (non-hydrogen) atoms. The van der Waals surface area contributed by atoms with Gasteiger partial charge >= 0.3 is 0 Å². The Kier molecular flexibility index (Phi) is 8.21. The van der Waals surface area contributed by atoms with Crippen molar-refractivity contribution in [3.8, 4) is 0 Å². The molecule has 0 fully saturated rings. The maximum atomic E-state index is 11.5. The van der Waals surface area contributed by atoms with Crippen LogP contribution in [0.1, 0.15) is 39.8 Å². The van der Waals surface area contributed by atoms with Crippen LogP contribution >= 0.6 is 11.3 Å². The number of thiazole rings is 1. The van der Waals surface area contributed by atoms with Gasteiger partial charge in [0.1, 0.15) is 6.61 Å². The van der Waals surface area contributed by atoms with Crippen molar-refractivity contribution >= 4 is 22.4 Å². The molecule has 8 heteroatoms. The summed E-state index contributed by atoms with van der Waals surface area (Å²) < 4.78 is 0. The van der Waals surface area contributed by atoms with E-state index < -0.39 is 0 Å². The number of hydrogen-bond acceptors (Lipinski definition) is 7. The highest BCUT2D eigenvalue weighted by molar-refractivity contribution is 7.13. The number of anilines is 1. The van der Waals surface area contributed by atoms with Crippen LogP contribution < -0.4 is 16.5 Å². The second kappa shape index (κ2) is 11.1. The molecule has 0 saturated carbocycles. The number of nitrogens with one attached hydrogen (secondary N) is 2. The summed E-state index contributed by atoms with van der Waals surface area (Å²) in [6.45, 7) is 8.66.